The Labute approximate surface area is 126 Å². The van der Waals surface area contributed by atoms with Gasteiger partial charge in [0.25, 0.3) is 0 Å². The second-order valence-corrected chi connectivity index (χ2v) is 7.48. The molecule has 4 bridgehead atoms. The summed E-state index contributed by atoms with van der Waals surface area (Å²) in [5, 5.41) is 22.7. The molecule has 1 aromatic carbocycles. The highest BCUT2D eigenvalue weighted by molar-refractivity contribution is 5.40. The number of aromatic hydroxyl groups is 2. The first-order valence-electron chi connectivity index (χ1n) is 8.43. The van der Waals surface area contributed by atoms with E-state index in [0.717, 1.165) is 48.2 Å². The van der Waals surface area contributed by atoms with Gasteiger partial charge in [-0.15, -0.1) is 0 Å². The molecule has 0 spiro atoms. The fourth-order valence-corrected chi connectivity index (χ4v) is 5.37. The second-order valence-electron chi connectivity index (χ2n) is 7.48. The predicted molar refractivity (Wildman–Crippen MR) is 82.3 cm³/mol. The van der Waals surface area contributed by atoms with Gasteiger partial charge < -0.3 is 15.5 Å². The van der Waals surface area contributed by atoms with Gasteiger partial charge in [-0.25, -0.2) is 0 Å². The fraction of sp³-hybridized carbons (Fsp3) is 0.667. The number of hydrogen-bond acceptors (Lipinski definition) is 3. The van der Waals surface area contributed by atoms with E-state index >= 15 is 0 Å². The van der Waals surface area contributed by atoms with E-state index in [1.165, 1.54) is 32.1 Å². The summed E-state index contributed by atoms with van der Waals surface area (Å²) in [4.78, 5) is 0. The summed E-state index contributed by atoms with van der Waals surface area (Å²) in [6, 6.07) is 5.87. The summed E-state index contributed by atoms with van der Waals surface area (Å²) in [5.41, 5.74) is 1.08. The fourth-order valence-electron chi connectivity index (χ4n) is 5.37. The van der Waals surface area contributed by atoms with Crippen LogP contribution in [0.4, 0.5) is 0 Å². The lowest BCUT2D eigenvalue weighted by Gasteiger charge is -2.54. The van der Waals surface area contributed by atoms with Gasteiger partial charge in [0.2, 0.25) is 0 Å². The molecule has 0 unspecified atom stereocenters. The standard InChI is InChI=1S/C18H25NO2/c20-16-2-1-11(10-17(16)21)3-4-19-18-14-6-12-5-13(8-14)9-15(18)7-12/h1-2,10,12-15,18-21H,3-9H2. The third kappa shape index (κ3) is 2.52. The first-order valence-corrected chi connectivity index (χ1v) is 8.43. The number of benzene rings is 1. The van der Waals surface area contributed by atoms with Crippen LogP contribution in [0.3, 0.4) is 0 Å². The molecule has 0 atom stereocenters. The highest BCUT2D eigenvalue weighted by Gasteiger charge is 2.47. The Kier molecular flexibility index (Phi) is 3.33. The van der Waals surface area contributed by atoms with Gasteiger partial charge >= 0.3 is 0 Å². The van der Waals surface area contributed by atoms with E-state index in [-0.39, 0.29) is 11.5 Å². The predicted octanol–water partition coefficient (Wildman–Crippen LogP) is 3.05. The first-order chi connectivity index (χ1) is 10.2. The number of rotatable bonds is 4. The summed E-state index contributed by atoms with van der Waals surface area (Å²) in [6.45, 7) is 0.969. The Balaban J connectivity index is 1.34. The van der Waals surface area contributed by atoms with Gasteiger partial charge in [-0.3, -0.25) is 0 Å². The molecule has 4 aliphatic carbocycles. The van der Waals surface area contributed by atoms with Crippen LogP contribution < -0.4 is 5.32 Å². The van der Waals surface area contributed by atoms with Crippen LogP contribution in [0.15, 0.2) is 18.2 Å². The van der Waals surface area contributed by atoms with Crippen molar-refractivity contribution in [2.45, 2.75) is 44.6 Å². The monoisotopic (exact) mass is 287 g/mol. The molecular formula is C18H25NO2. The summed E-state index contributed by atoms with van der Waals surface area (Å²) in [7, 11) is 0. The minimum Gasteiger partial charge on any atom is -0.504 e. The van der Waals surface area contributed by atoms with Crippen LogP contribution in [0.5, 0.6) is 11.5 Å². The molecule has 0 amide bonds. The molecule has 0 radical (unpaired) electrons. The smallest absolute Gasteiger partial charge is 0.157 e. The molecule has 3 nitrogen and oxygen atoms in total. The van der Waals surface area contributed by atoms with E-state index in [0.29, 0.717) is 0 Å². The zero-order valence-corrected chi connectivity index (χ0v) is 12.5. The Morgan fingerprint density at radius 1 is 0.905 bits per heavy atom. The third-order valence-electron chi connectivity index (χ3n) is 6.06. The van der Waals surface area contributed by atoms with Crippen LogP contribution in [0.25, 0.3) is 0 Å². The highest BCUT2D eigenvalue weighted by atomic mass is 16.3. The molecule has 114 valence electrons. The van der Waals surface area contributed by atoms with Crippen LogP contribution in [0.1, 0.15) is 37.7 Å². The molecule has 3 heteroatoms. The number of phenolic OH excluding ortho intramolecular Hbond substituents is 2. The molecule has 0 saturated heterocycles. The summed E-state index contributed by atoms with van der Waals surface area (Å²) in [6.07, 6.45) is 8.22. The van der Waals surface area contributed by atoms with Crippen LogP contribution in [-0.2, 0) is 6.42 Å². The van der Waals surface area contributed by atoms with E-state index in [1.54, 1.807) is 12.1 Å². The number of hydrogen-bond donors (Lipinski definition) is 3. The topological polar surface area (TPSA) is 52.5 Å². The zero-order valence-electron chi connectivity index (χ0n) is 12.5. The summed E-state index contributed by atoms with van der Waals surface area (Å²) >= 11 is 0. The maximum atomic E-state index is 9.54. The average Bonchev–Trinajstić information content (AvgIpc) is 2.45. The molecule has 0 aromatic heterocycles. The molecular weight excluding hydrogens is 262 g/mol. The van der Waals surface area contributed by atoms with Crippen molar-refractivity contribution in [1.82, 2.24) is 5.32 Å². The molecule has 0 aliphatic heterocycles. The largest absolute Gasteiger partial charge is 0.504 e. The lowest BCUT2D eigenvalue weighted by Crippen LogP contribution is -2.54. The Hall–Kier alpha value is -1.22. The van der Waals surface area contributed by atoms with Crippen molar-refractivity contribution in [3.8, 4) is 11.5 Å². The molecule has 4 aliphatic rings. The van der Waals surface area contributed by atoms with Gasteiger partial charge in [0, 0.05) is 6.04 Å². The van der Waals surface area contributed by atoms with E-state index in [4.69, 9.17) is 0 Å². The maximum absolute atomic E-state index is 9.54. The Morgan fingerprint density at radius 2 is 1.57 bits per heavy atom. The van der Waals surface area contributed by atoms with Gasteiger partial charge in [0.15, 0.2) is 11.5 Å². The first kappa shape index (κ1) is 13.4. The molecule has 4 saturated carbocycles. The van der Waals surface area contributed by atoms with Crippen molar-refractivity contribution >= 4 is 0 Å². The lowest BCUT2D eigenvalue weighted by atomic mass is 9.54. The van der Waals surface area contributed by atoms with Gasteiger partial charge in [-0.2, -0.15) is 0 Å². The van der Waals surface area contributed by atoms with Gasteiger partial charge in [-0.05, 0) is 86.4 Å². The van der Waals surface area contributed by atoms with Gasteiger partial charge in [0.05, 0.1) is 0 Å². The normalized spacial score (nSPS) is 37.0. The quantitative estimate of drug-likeness (QED) is 0.746. The van der Waals surface area contributed by atoms with Crippen LogP contribution in [0, 0.1) is 23.7 Å². The third-order valence-corrected chi connectivity index (χ3v) is 6.06. The van der Waals surface area contributed by atoms with E-state index < -0.39 is 0 Å². The molecule has 3 N–H and O–H groups in total. The van der Waals surface area contributed by atoms with Crippen molar-refractivity contribution in [2.75, 3.05) is 6.54 Å². The van der Waals surface area contributed by atoms with Crippen LogP contribution >= 0.6 is 0 Å². The molecule has 21 heavy (non-hydrogen) atoms. The van der Waals surface area contributed by atoms with E-state index in [1.807, 2.05) is 6.07 Å². The van der Waals surface area contributed by atoms with E-state index in [2.05, 4.69) is 5.32 Å². The van der Waals surface area contributed by atoms with Gasteiger partial charge in [0.1, 0.15) is 0 Å². The molecule has 1 aromatic rings. The summed E-state index contributed by atoms with van der Waals surface area (Å²) in [5.74, 6) is 3.83. The van der Waals surface area contributed by atoms with Crippen LogP contribution in [0.2, 0.25) is 0 Å². The minimum atomic E-state index is -0.0345. The molecule has 4 fully saturated rings. The SMILES string of the molecule is Oc1ccc(CCNC2C3CC4CC(C3)CC2C4)cc1O. The Morgan fingerprint density at radius 3 is 2.19 bits per heavy atom. The minimum absolute atomic E-state index is 0.0119. The lowest BCUT2D eigenvalue weighted by molar-refractivity contribution is -0.0133. The maximum Gasteiger partial charge on any atom is 0.157 e. The van der Waals surface area contributed by atoms with Crippen molar-refractivity contribution in [2.24, 2.45) is 23.7 Å². The number of nitrogens with one attached hydrogen (secondary N) is 1. The second kappa shape index (κ2) is 5.20. The molecule has 0 heterocycles. The van der Waals surface area contributed by atoms with Crippen molar-refractivity contribution < 1.29 is 10.2 Å². The summed E-state index contributed by atoms with van der Waals surface area (Å²) < 4.78 is 0. The van der Waals surface area contributed by atoms with Crippen molar-refractivity contribution in [1.29, 1.82) is 0 Å². The van der Waals surface area contributed by atoms with Crippen molar-refractivity contribution in [3.05, 3.63) is 23.8 Å². The van der Waals surface area contributed by atoms with Crippen molar-refractivity contribution in [3.63, 3.8) is 0 Å². The van der Waals surface area contributed by atoms with E-state index in [9.17, 15) is 10.2 Å². The number of phenols is 2. The zero-order chi connectivity index (χ0) is 14.4. The highest BCUT2D eigenvalue weighted by Crippen LogP contribution is 2.53. The van der Waals surface area contributed by atoms with Gasteiger partial charge in [-0.1, -0.05) is 6.07 Å². The molecule has 5 rings (SSSR count). The average molecular weight is 287 g/mol. The Bertz CT molecular complexity index is 500. The van der Waals surface area contributed by atoms with Crippen LogP contribution in [-0.4, -0.2) is 22.8 Å².